The summed E-state index contributed by atoms with van der Waals surface area (Å²) in [6.45, 7) is 6.19. The van der Waals surface area contributed by atoms with Crippen molar-refractivity contribution in [3.63, 3.8) is 0 Å². The summed E-state index contributed by atoms with van der Waals surface area (Å²) in [6, 6.07) is 0. The number of aliphatic imine (C=N–C) groups is 1. The first-order valence-corrected chi connectivity index (χ1v) is 7.63. The molecular formula is C14H29IN4O3. The number of methoxy groups -OCH3 is 1. The van der Waals surface area contributed by atoms with Gasteiger partial charge in [-0.05, 0) is 19.3 Å². The molecule has 7 nitrogen and oxygen atoms in total. The van der Waals surface area contributed by atoms with Crippen LogP contribution in [-0.4, -0.2) is 69.9 Å². The molecule has 1 rings (SSSR count). The molecular weight excluding hydrogens is 399 g/mol. The van der Waals surface area contributed by atoms with Crippen LogP contribution >= 0.6 is 24.0 Å². The van der Waals surface area contributed by atoms with Crippen LogP contribution in [0.5, 0.6) is 0 Å². The lowest BCUT2D eigenvalue weighted by Gasteiger charge is -2.26. The zero-order valence-electron chi connectivity index (χ0n) is 13.4. The smallest absolute Gasteiger partial charge is 0.305 e. The summed E-state index contributed by atoms with van der Waals surface area (Å²) in [7, 11) is 1.40. The molecule has 1 heterocycles. The predicted molar refractivity (Wildman–Crippen MR) is 97.7 cm³/mol. The second-order valence-electron chi connectivity index (χ2n) is 5.03. The molecule has 0 aliphatic carbocycles. The van der Waals surface area contributed by atoms with E-state index < -0.39 is 0 Å². The average molecular weight is 428 g/mol. The minimum atomic E-state index is -0.167. The van der Waals surface area contributed by atoms with Crippen molar-refractivity contribution in [1.29, 1.82) is 0 Å². The molecule has 8 heteroatoms. The van der Waals surface area contributed by atoms with E-state index in [4.69, 9.17) is 10.5 Å². The number of carbonyl (C=O) groups is 1. The first-order chi connectivity index (χ1) is 10.2. The van der Waals surface area contributed by atoms with Crippen LogP contribution in [0, 0.1) is 0 Å². The van der Waals surface area contributed by atoms with Gasteiger partial charge < -0.3 is 20.5 Å². The van der Waals surface area contributed by atoms with E-state index in [2.05, 4.69) is 19.9 Å². The number of ether oxygens (including phenoxy) is 2. The van der Waals surface area contributed by atoms with Crippen LogP contribution < -0.4 is 11.1 Å². The Kier molecular flexibility index (Phi) is 13.6. The van der Waals surface area contributed by atoms with Crippen molar-refractivity contribution in [2.24, 2.45) is 10.7 Å². The topological polar surface area (TPSA) is 89.2 Å². The SMILES string of the molecule is COC(=O)CCCCNC(N)=NCCCN1CCOCC1.I. The van der Waals surface area contributed by atoms with Crippen LogP contribution in [-0.2, 0) is 14.3 Å². The second-order valence-corrected chi connectivity index (χ2v) is 5.03. The number of nitrogens with one attached hydrogen (secondary N) is 1. The molecule has 0 aromatic rings. The van der Waals surface area contributed by atoms with Crippen molar-refractivity contribution in [3.05, 3.63) is 0 Å². The van der Waals surface area contributed by atoms with Gasteiger partial charge in [-0.15, -0.1) is 24.0 Å². The minimum Gasteiger partial charge on any atom is -0.469 e. The van der Waals surface area contributed by atoms with Gasteiger partial charge in [0.25, 0.3) is 0 Å². The standard InChI is InChI=1S/C14H28N4O3.HI/c1-20-13(19)5-2-3-6-16-14(15)17-7-4-8-18-9-11-21-12-10-18;/h2-12H2,1H3,(H3,15,16,17);1H. The lowest BCUT2D eigenvalue weighted by atomic mass is 10.2. The van der Waals surface area contributed by atoms with E-state index in [1.807, 2.05) is 0 Å². The van der Waals surface area contributed by atoms with E-state index >= 15 is 0 Å². The normalized spacial score (nSPS) is 16.0. The predicted octanol–water partition coefficient (Wildman–Crippen LogP) is 0.574. The Morgan fingerprint density at radius 3 is 2.73 bits per heavy atom. The molecule has 0 aromatic carbocycles. The maximum atomic E-state index is 10.9. The van der Waals surface area contributed by atoms with Gasteiger partial charge in [-0.1, -0.05) is 0 Å². The van der Waals surface area contributed by atoms with E-state index in [0.29, 0.717) is 12.4 Å². The maximum absolute atomic E-state index is 10.9. The van der Waals surface area contributed by atoms with E-state index in [1.165, 1.54) is 7.11 Å². The molecule has 0 spiro atoms. The highest BCUT2D eigenvalue weighted by atomic mass is 127. The molecule has 0 unspecified atom stereocenters. The number of guanidine groups is 1. The lowest BCUT2D eigenvalue weighted by molar-refractivity contribution is -0.140. The van der Waals surface area contributed by atoms with Gasteiger partial charge in [0.15, 0.2) is 5.96 Å². The van der Waals surface area contributed by atoms with Crippen molar-refractivity contribution in [3.8, 4) is 0 Å². The fraction of sp³-hybridized carbons (Fsp3) is 0.857. The van der Waals surface area contributed by atoms with Gasteiger partial charge in [0.05, 0.1) is 20.3 Å². The van der Waals surface area contributed by atoms with Crippen molar-refractivity contribution in [1.82, 2.24) is 10.2 Å². The summed E-state index contributed by atoms with van der Waals surface area (Å²) in [5, 5.41) is 3.05. The zero-order valence-corrected chi connectivity index (χ0v) is 15.7. The molecule has 1 aliphatic heterocycles. The molecule has 1 saturated heterocycles. The molecule has 0 aromatic heterocycles. The highest BCUT2D eigenvalue weighted by Gasteiger charge is 2.08. The molecule has 0 amide bonds. The van der Waals surface area contributed by atoms with E-state index in [-0.39, 0.29) is 29.9 Å². The van der Waals surface area contributed by atoms with E-state index in [0.717, 1.165) is 65.2 Å². The summed E-state index contributed by atoms with van der Waals surface area (Å²) >= 11 is 0. The van der Waals surface area contributed by atoms with Gasteiger partial charge in [0.2, 0.25) is 0 Å². The number of carbonyl (C=O) groups excluding carboxylic acids is 1. The summed E-state index contributed by atoms with van der Waals surface area (Å²) in [5.74, 6) is 0.315. The van der Waals surface area contributed by atoms with Crippen LogP contribution in [0.3, 0.4) is 0 Å². The van der Waals surface area contributed by atoms with Gasteiger partial charge in [0, 0.05) is 39.1 Å². The number of morpholine rings is 1. The van der Waals surface area contributed by atoms with Crippen LogP contribution in [0.4, 0.5) is 0 Å². The van der Waals surface area contributed by atoms with Crippen LogP contribution in [0.15, 0.2) is 4.99 Å². The number of rotatable bonds is 9. The Bertz CT molecular complexity index is 323. The molecule has 1 aliphatic rings. The van der Waals surface area contributed by atoms with Crippen molar-refractivity contribution >= 4 is 35.9 Å². The third kappa shape index (κ3) is 11.0. The van der Waals surface area contributed by atoms with E-state index in [9.17, 15) is 4.79 Å². The van der Waals surface area contributed by atoms with Gasteiger partial charge in [-0.2, -0.15) is 0 Å². The minimum absolute atomic E-state index is 0. The van der Waals surface area contributed by atoms with Crippen LogP contribution in [0.2, 0.25) is 0 Å². The van der Waals surface area contributed by atoms with E-state index in [1.54, 1.807) is 0 Å². The molecule has 1 fully saturated rings. The van der Waals surface area contributed by atoms with Crippen LogP contribution in [0.25, 0.3) is 0 Å². The summed E-state index contributed by atoms with van der Waals surface area (Å²) in [6.07, 6.45) is 3.13. The molecule has 0 saturated carbocycles. The summed E-state index contributed by atoms with van der Waals surface area (Å²) in [4.78, 5) is 17.6. The van der Waals surface area contributed by atoms with Crippen molar-refractivity contribution in [2.75, 3.05) is 53.0 Å². The third-order valence-corrected chi connectivity index (χ3v) is 3.36. The molecule has 130 valence electrons. The Labute approximate surface area is 150 Å². The number of halogens is 1. The summed E-state index contributed by atoms with van der Waals surface area (Å²) < 4.78 is 9.88. The zero-order chi connectivity index (χ0) is 15.3. The average Bonchev–Trinajstić information content (AvgIpc) is 2.52. The monoisotopic (exact) mass is 428 g/mol. The fourth-order valence-electron chi connectivity index (χ4n) is 2.09. The van der Waals surface area contributed by atoms with Gasteiger partial charge in [-0.25, -0.2) is 0 Å². The molecule has 0 radical (unpaired) electrons. The largest absolute Gasteiger partial charge is 0.469 e. The van der Waals surface area contributed by atoms with Gasteiger partial charge in [0.1, 0.15) is 0 Å². The molecule has 0 bridgehead atoms. The number of hydrogen-bond acceptors (Lipinski definition) is 5. The number of unbranched alkanes of at least 4 members (excludes halogenated alkanes) is 1. The first kappa shape index (κ1) is 21.4. The van der Waals surface area contributed by atoms with Gasteiger partial charge in [-0.3, -0.25) is 14.7 Å². The van der Waals surface area contributed by atoms with Gasteiger partial charge >= 0.3 is 5.97 Å². The molecule has 22 heavy (non-hydrogen) atoms. The Hall–Kier alpha value is -0.610. The highest BCUT2D eigenvalue weighted by Crippen LogP contribution is 1.98. The Morgan fingerprint density at radius 1 is 1.32 bits per heavy atom. The number of hydrogen-bond donors (Lipinski definition) is 2. The van der Waals surface area contributed by atoms with Crippen LogP contribution in [0.1, 0.15) is 25.7 Å². The maximum Gasteiger partial charge on any atom is 0.305 e. The summed E-state index contributed by atoms with van der Waals surface area (Å²) in [5.41, 5.74) is 5.77. The van der Waals surface area contributed by atoms with Crippen molar-refractivity contribution < 1.29 is 14.3 Å². The molecule has 0 atom stereocenters. The lowest BCUT2D eigenvalue weighted by Crippen LogP contribution is -2.37. The molecule has 3 N–H and O–H groups in total. The third-order valence-electron chi connectivity index (χ3n) is 3.36. The Balaban J connectivity index is 0.00000441. The van der Waals surface area contributed by atoms with Crippen molar-refractivity contribution in [2.45, 2.75) is 25.7 Å². The number of nitrogens with two attached hydrogens (primary N) is 1. The quantitative estimate of drug-likeness (QED) is 0.184. The second kappa shape index (κ2) is 14.0. The first-order valence-electron chi connectivity index (χ1n) is 7.63. The highest BCUT2D eigenvalue weighted by molar-refractivity contribution is 14.0. The fourth-order valence-corrected chi connectivity index (χ4v) is 2.09. The number of nitrogens with zero attached hydrogens (tertiary/aromatic N) is 2. The Morgan fingerprint density at radius 2 is 2.05 bits per heavy atom. The number of esters is 1.